The summed E-state index contributed by atoms with van der Waals surface area (Å²) in [5, 5.41) is 65.6. The van der Waals surface area contributed by atoms with Crippen molar-refractivity contribution in [3.8, 4) is 0 Å². The van der Waals surface area contributed by atoms with Gasteiger partial charge in [-0.2, -0.15) is 0 Å². The van der Waals surface area contributed by atoms with E-state index in [9.17, 15) is 73.2 Å². The number of hydrogen-bond acceptors (Lipinski definition) is 15. The van der Waals surface area contributed by atoms with E-state index in [0.717, 1.165) is 27.1 Å². The number of carbonyl (C=O) groups is 11. The van der Waals surface area contributed by atoms with Crippen molar-refractivity contribution < 1.29 is 78.3 Å². The first-order valence-electron chi connectivity index (χ1n) is 26.7. The number of carboxylic acid groups (broad SMARTS) is 5. The van der Waals surface area contributed by atoms with Crippen LogP contribution in [0, 0.1) is 11.8 Å². The summed E-state index contributed by atoms with van der Waals surface area (Å²) in [4.78, 5) is 145. The molecule has 3 atom stereocenters. The molecule has 0 radical (unpaired) electrons. The predicted molar refractivity (Wildman–Crippen MR) is 289 cm³/mol. The van der Waals surface area contributed by atoms with Gasteiger partial charge in [0.25, 0.3) is 0 Å². The maximum atomic E-state index is 14.2. The molecule has 6 amide bonds. The van der Waals surface area contributed by atoms with E-state index in [1.54, 1.807) is 9.80 Å². The highest BCUT2D eigenvalue weighted by molar-refractivity contribution is 6.03. The van der Waals surface area contributed by atoms with Crippen molar-refractivity contribution in [1.29, 1.82) is 0 Å². The second-order valence-electron chi connectivity index (χ2n) is 20.4. The van der Waals surface area contributed by atoms with Crippen molar-refractivity contribution in [2.45, 2.75) is 76.4 Å². The van der Waals surface area contributed by atoms with Crippen molar-refractivity contribution in [3.05, 3.63) is 60.2 Å². The van der Waals surface area contributed by atoms with Crippen molar-refractivity contribution in [2.75, 3.05) is 98.2 Å². The molecule has 1 aliphatic heterocycles. The van der Waals surface area contributed by atoms with Gasteiger partial charge in [-0.05, 0) is 84.5 Å². The summed E-state index contributed by atoms with van der Waals surface area (Å²) in [6, 6.07) is 11.5. The van der Waals surface area contributed by atoms with Crippen LogP contribution < -0.4 is 31.9 Å². The van der Waals surface area contributed by atoms with Crippen LogP contribution in [0.4, 0.5) is 4.79 Å². The van der Waals surface area contributed by atoms with Crippen LogP contribution in [-0.2, 0) is 54.4 Å². The Bertz CT molecular complexity index is 2610. The summed E-state index contributed by atoms with van der Waals surface area (Å²) in [6.45, 7) is 2.89. The summed E-state index contributed by atoms with van der Waals surface area (Å²) in [7, 11) is 0. The molecule has 3 aromatic rings. The number of hydrogen-bond donors (Lipinski definition) is 11. The molecule has 5 rings (SSSR count). The van der Waals surface area contributed by atoms with Gasteiger partial charge in [0.1, 0.15) is 23.9 Å². The fourth-order valence-electron chi connectivity index (χ4n) is 9.93. The van der Waals surface area contributed by atoms with E-state index in [4.69, 9.17) is 5.11 Å². The molecule has 3 aromatic carbocycles. The lowest BCUT2D eigenvalue weighted by Gasteiger charge is -2.33. The van der Waals surface area contributed by atoms with Crippen molar-refractivity contribution in [1.82, 2.24) is 51.5 Å². The molecule has 1 heterocycles. The monoisotopic (exact) mass is 1120 g/mol. The number of Topliss-reactive ketones (excluding diaryl/α,β-unsaturated/α-hetero) is 1. The van der Waals surface area contributed by atoms with E-state index < -0.39 is 84.8 Å². The second-order valence-corrected chi connectivity index (χ2v) is 20.4. The molecule has 26 nitrogen and oxygen atoms in total. The number of benzene rings is 3. The van der Waals surface area contributed by atoms with E-state index in [1.807, 2.05) is 64.4 Å². The minimum Gasteiger partial charge on any atom is -0.481 e. The number of amides is 6. The molecule has 0 unspecified atom stereocenters. The minimum absolute atomic E-state index is 0.00402. The molecule has 80 heavy (non-hydrogen) atoms. The lowest BCUT2D eigenvalue weighted by molar-refractivity contribution is -0.141. The molecule has 0 bridgehead atoms. The Morgan fingerprint density at radius 3 is 1.55 bits per heavy atom. The van der Waals surface area contributed by atoms with Gasteiger partial charge in [0.2, 0.25) is 23.6 Å². The van der Waals surface area contributed by atoms with Crippen LogP contribution in [0.5, 0.6) is 0 Å². The van der Waals surface area contributed by atoms with Crippen LogP contribution in [-0.4, -0.2) is 227 Å². The van der Waals surface area contributed by atoms with E-state index in [1.165, 1.54) is 6.92 Å². The smallest absolute Gasteiger partial charge is 0.328 e. The Hall–Kier alpha value is -7.81. The Balaban J connectivity index is 1.19. The molecule has 1 saturated heterocycles. The highest BCUT2D eigenvalue weighted by Crippen LogP contribution is 2.31. The zero-order valence-electron chi connectivity index (χ0n) is 44.9. The van der Waals surface area contributed by atoms with Gasteiger partial charge in [0.05, 0.1) is 32.7 Å². The molecule has 11 N–H and O–H groups in total. The number of carbonyl (C=O) groups excluding carboxylic acids is 6. The predicted octanol–water partition coefficient (Wildman–Crippen LogP) is -0.384. The van der Waals surface area contributed by atoms with Crippen LogP contribution in [0.2, 0.25) is 0 Å². The fraction of sp³-hybridized carbons (Fsp3) is 0.537. The normalized spacial score (nSPS) is 18.2. The molecule has 436 valence electrons. The summed E-state index contributed by atoms with van der Waals surface area (Å²) in [6.07, 6.45) is 1.38. The summed E-state index contributed by atoms with van der Waals surface area (Å²) in [5.74, 6) is -9.00. The van der Waals surface area contributed by atoms with Gasteiger partial charge >= 0.3 is 35.9 Å². The van der Waals surface area contributed by atoms with Crippen LogP contribution in [0.25, 0.3) is 21.5 Å². The molecule has 0 spiro atoms. The third kappa shape index (κ3) is 21.4. The third-order valence-corrected chi connectivity index (χ3v) is 14.2. The van der Waals surface area contributed by atoms with Crippen LogP contribution in [0.1, 0.15) is 57.4 Å². The first kappa shape index (κ1) is 63.0. The number of fused-ring (bicyclic) bond motifs is 2. The fourth-order valence-corrected chi connectivity index (χ4v) is 9.93. The zero-order valence-corrected chi connectivity index (χ0v) is 44.9. The number of ketones is 1. The van der Waals surface area contributed by atoms with Crippen LogP contribution in [0.15, 0.2) is 54.6 Å². The van der Waals surface area contributed by atoms with Gasteiger partial charge in [0.15, 0.2) is 0 Å². The Kier molecular flexibility index (Phi) is 25.0. The lowest BCUT2D eigenvalue weighted by atomic mass is 9.81. The van der Waals surface area contributed by atoms with Crippen LogP contribution in [0.3, 0.4) is 0 Å². The van der Waals surface area contributed by atoms with Gasteiger partial charge in [0, 0.05) is 84.2 Å². The number of nitrogens with one attached hydrogen (secondary N) is 6. The molecule has 0 aromatic heterocycles. The highest BCUT2D eigenvalue weighted by atomic mass is 16.4. The lowest BCUT2D eigenvalue weighted by Crippen LogP contribution is -2.55. The van der Waals surface area contributed by atoms with E-state index in [-0.39, 0.29) is 81.9 Å². The molecule has 2 fully saturated rings. The molecular formula is C54H74N10O16. The van der Waals surface area contributed by atoms with Gasteiger partial charge in [-0.25, -0.2) is 14.4 Å². The average molecular weight is 1120 g/mol. The van der Waals surface area contributed by atoms with Gasteiger partial charge in [-0.1, -0.05) is 48.5 Å². The SMILES string of the molecule is CC(=O)CN1CCN(CC(=O)O)CCN(CC(=O)O)CCN(CC(=O)NCC2CCC(C(=O)N[C@@H](Cc3c4ccccc4cc4ccccc34)C(=O)NCC(=O)NC[C@H](NC(=O)N[C@@H](CCCC(=O)O)C(=O)O)C(=O)O)CC2)CC1. The van der Waals surface area contributed by atoms with Crippen LogP contribution >= 0.6 is 0 Å². The third-order valence-electron chi connectivity index (χ3n) is 14.2. The Labute approximate surface area is 461 Å². The number of urea groups is 1. The second kappa shape index (κ2) is 31.7. The maximum absolute atomic E-state index is 14.2. The van der Waals surface area contributed by atoms with E-state index >= 15 is 0 Å². The number of rotatable bonds is 27. The Morgan fingerprint density at radius 2 is 1.05 bits per heavy atom. The minimum atomic E-state index is -1.74. The van der Waals surface area contributed by atoms with Crippen molar-refractivity contribution in [3.63, 3.8) is 0 Å². The van der Waals surface area contributed by atoms with E-state index in [0.29, 0.717) is 78.0 Å². The average Bonchev–Trinajstić information content (AvgIpc) is 3.44. The maximum Gasteiger partial charge on any atom is 0.328 e. The molecule has 2 aliphatic rings. The van der Waals surface area contributed by atoms with Crippen molar-refractivity contribution >= 4 is 86.8 Å². The Morgan fingerprint density at radius 1 is 0.550 bits per heavy atom. The first-order valence-corrected chi connectivity index (χ1v) is 26.7. The number of aliphatic carboxylic acids is 5. The topological polar surface area (TPSA) is 374 Å². The number of nitrogens with zero attached hydrogens (tertiary/aromatic N) is 4. The quantitative estimate of drug-likeness (QED) is 0.0433. The van der Waals surface area contributed by atoms with E-state index in [2.05, 4.69) is 31.9 Å². The molecule has 26 heteroatoms. The van der Waals surface area contributed by atoms with Gasteiger partial charge in [-0.15, -0.1) is 0 Å². The molecular weight excluding hydrogens is 1040 g/mol. The van der Waals surface area contributed by atoms with Gasteiger partial charge in [-0.3, -0.25) is 58.0 Å². The largest absolute Gasteiger partial charge is 0.481 e. The zero-order chi connectivity index (χ0) is 58.3. The molecule has 1 saturated carbocycles. The highest BCUT2D eigenvalue weighted by Gasteiger charge is 2.32. The number of carboxylic acids is 5. The summed E-state index contributed by atoms with van der Waals surface area (Å²) in [5.41, 5.74) is 0.770. The van der Waals surface area contributed by atoms with Gasteiger partial charge < -0.3 is 57.4 Å². The first-order chi connectivity index (χ1) is 38.1. The standard InChI is InChI=1S/C54H74N10O16/c1-34(65)30-61-17-19-62(20-22-64(33-49(72)73)24-23-63(21-18-61)32-48(70)71)31-46(67)55-27-35-13-15-36(16-14-35)50(74)58-43(26-41-39-9-4-2-7-37(39)25-38-8-3-5-10-40(38)41)51(75)57-29-45(66)56-28-44(53(78)79)60-54(80)59-42(52(76)77)11-6-12-47(68)69/h2-5,7-10,25,35-36,42-44H,6,11-24,26-33H2,1H3,(H,55,67)(H,56,66)(H,57,75)(H,58,74)(H,68,69)(H,70,71)(H,72,73)(H,76,77)(H,78,79)(H2,59,60,80)/t35?,36?,42-,43-,44-/m0/s1. The molecule has 1 aliphatic carbocycles. The summed E-state index contributed by atoms with van der Waals surface area (Å²) < 4.78 is 0. The summed E-state index contributed by atoms with van der Waals surface area (Å²) >= 11 is 0. The van der Waals surface area contributed by atoms with Crippen molar-refractivity contribution in [2.24, 2.45) is 11.8 Å².